The summed E-state index contributed by atoms with van der Waals surface area (Å²) in [4.78, 5) is 53.4. The molecule has 6 N–H and O–H groups in total. The van der Waals surface area contributed by atoms with Crippen molar-refractivity contribution in [2.45, 2.75) is 19.4 Å². The number of aliphatic imine (C=N–C) groups is 1. The van der Waals surface area contributed by atoms with Gasteiger partial charge < -0.3 is 31.3 Å². The molecule has 0 aliphatic heterocycles. The van der Waals surface area contributed by atoms with Gasteiger partial charge in [0.25, 0.3) is 0 Å². The Morgan fingerprint density at radius 1 is 0.975 bits per heavy atom. The zero-order valence-corrected chi connectivity index (χ0v) is 22.7. The number of nitrogens with zero attached hydrogens (tertiary/aromatic N) is 2. The van der Waals surface area contributed by atoms with Crippen molar-refractivity contribution >= 4 is 59.5 Å². The van der Waals surface area contributed by atoms with Gasteiger partial charge in [-0.3, -0.25) is 9.59 Å². The Labute approximate surface area is 240 Å². The van der Waals surface area contributed by atoms with Gasteiger partial charge >= 0.3 is 17.9 Å². The summed E-state index contributed by atoms with van der Waals surface area (Å²) < 4.78 is 5.39. The number of esters is 1. The van der Waals surface area contributed by atoms with Crippen LogP contribution < -0.4 is 16.2 Å². The summed E-state index contributed by atoms with van der Waals surface area (Å²) in [6.45, 7) is 1.00. The molecular weight excluding hydrogens is 563 g/mol. The number of aromatic carboxylic acids is 1. The summed E-state index contributed by atoms with van der Waals surface area (Å²) in [5.74, 6) is -3.56. The molecule has 210 valence electrons. The quantitative estimate of drug-likeness (QED) is 0.118. The molecule has 0 bridgehead atoms. The number of ether oxygens (including phenoxy) is 1. The summed E-state index contributed by atoms with van der Waals surface area (Å²) in [6.07, 6.45) is -0.214. The summed E-state index contributed by atoms with van der Waals surface area (Å²) in [7, 11) is 0. The van der Waals surface area contributed by atoms with Crippen molar-refractivity contribution in [1.29, 1.82) is 0 Å². The van der Waals surface area contributed by atoms with E-state index >= 15 is 0 Å². The minimum absolute atomic E-state index is 0. The standard InChI is InChI=1S/C27H25ClN4O7.ClH/c1-15(32(14-24(34)35)23(33)12-16-3-2-4-18(11-16)25(36)37)21-10-9-20(13-22(21)28)39-26(38)17-5-7-19(8-6-17)31-27(29)30;/h2-11,13,15H,12,14H2,1H3,(H,34,35)(H,36,37)(H4,29,30,31);1H. The third kappa shape index (κ3) is 8.45. The molecule has 0 saturated heterocycles. The number of guanidine groups is 1. The molecule has 0 aromatic heterocycles. The van der Waals surface area contributed by atoms with Crippen LogP contribution in [0.2, 0.25) is 5.02 Å². The van der Waals surface area contributed by atoms with E-state index < -0.39 is 36.4 Å². The Kier molecular flexibility index (Phi) is 11.0. The van der Waals surface area contributed by atoms with Crippen molar-refractivity contribution in [2.24, 2.45) is 16.5 Å². The maximum absolute atomic E-state index is 13.1. The maximum Gasteiger partial charge on any atom is 0.343 e. The van der Waals surface area contributed by atoms with Gasteiger partial charge in [-0.2, -0.15) is 0 Å². The molecule has 11 nitrogen and oxygen atoms in total. The van der Waals surface area contributed by atoms with E-state index in [1.807, 2.05) is 0 Å². The highest BCUT2D eigenvalue weighted by atomic mass is 35.5. The van der Waals surface area contributed by atoms with Crippen molar-refractivity contribution in [2.75, 3.05) is 6.54 Å². The molecule has 3 aromatic carbocycles. The van der Waals surface area contributed by atoms with Crippen molar-refractivity contribution in [3.63, 3.8) is 0 Å². The molecule has 13 heteroatoms. The Morgan fingerprint density at radius 3 is 2.23 bits per heavy atom. The van der Waals surface area contributed by atoms with Crippen LogP contribution in [0.3, 0.4) is 0 Å². The van der Waals surface area contributed by atoms with E-state index in [0.29, 0.717) is 16.8 Å². The minimum atomic E-state index is -1.23. The number of benzene rings is 3. The van der Waals surface area contributed by atoms with E-state index in [-0.39, 0.29) is 46.7 Å². The van der Waals surface area contributed by atoms with Crippen LogP contribution in [-0.4, -0.2) is 51.4 Å². The van der Waals surface area contributed by atoms with Crippen LogP contribution in [0.15, 0.2) is 71.7 Å². The van der Waals surface area contributed by atoms with Crippen LogP contribution in [0.25, 0.3) is 0 Å². The van der Waals surface area contributed by atoms with E-state index in [1.54, 1.807) is 25.1 Å². The topological polar surface area (TPSA) is 186 Å². The number of nitrogens with two attached hydrogens (primary N) is 2. The van der Waals surface area contributed by atoms with Gasteiger partial charge in [-0.05, 0) is 66.6 Å². The highest BCUT2D eigenvalue weighted by Crippen LogP contribution is 2.31. The van der Waals surface area contributed by atoms with Gasteiger partial charge in [0.05, 0.1) is 29.3 Å². The smallest absolute Gasteiger partial charge is 0.343 e. The Balaban J connectivity index is 0.00000560. The van der Waals surface area contributed by atoms with Crippen LogP contribution >= 0.6 is 24.0 Å². The van der Waals surface area contributed by atoms with Gasteiger partial charge in [0.1, 0.15) is 12.3 Å². The average molecular weight is 589 g/mol. The molecule has 0 aliphatic rings. The lowest BCUT2D eigenvalue weighted by Crippen LogP contribution is -2.38. The number of halogens is 2. The fourth-order valence-electron chi connectivity index (χ4n) is 3.74. The van der Waals surface area contributed by atoms with Crippen LogP contribution in [0.5, 0.6) is 5.75 Å². The van der Waals surface area contributed by atoms with Crippen LogP contribution in [-0.2, 0) is 16.0 Å². The zero-order chi connectivity index (χ0) is 28.7. The number of carboxylic acid groups (broad SMARTS) is 2. The first kappa shape index (κ1) is 31.6. The molecule has 1 atom stereocenters. The fraction of sp³-hybridized carbons (Fsp3) is 0.148. The molecule has 1 amide bonds. The molecule has 0 saturated carbocycles. The zero-order valence-electron chi connectivity index (χ0n) is 21.1. The van der Waals surface area contributed by atoms with Gasteiger partial charge in [-0.15, -0.1) is 12.4 Å². The van der Waals surface area contributed by atoms with E-state index in [1.165, 1.54) is 48.5 Å². The lowest BCUT2D eigenvalue weighted by Gasteiger charge is -2.29. The number of hydrogen-bond acceptors (Lipinski definition) is 6. The molecule has 40 heavy (non-hydrogen) atoms. The first-order valence-electron chi connectivity index (χ1n) is 11.5. The first-order chi connectivity index (χ1) is 18.4. The Bertz CT molecular complexity index is 1440. The fourth-order valence-corrected chi connectivity index (χ4v) is 4.07. The second-order valence-corrected chi connectivity index (χ2v) is 8.84. The molecule has 0 spiro atoms. The predicted octanol–water partition coefficient (Wildman–Crippen LogP) is 3.80. The van der Waals surface area contributed by atoms with E-state index in [0.717, 1.165) is 4.90 Å². The minimum Gasteiger partial charge on any atom is -0.480 e. The predicted molar refractivity (Wildman–Crippen MR) is 150 cm³/mol. The normalized spacial score (nSPS) is 10.9. The maximum atomic E-state index is 13.1. The van der Waals surface area contributed by atoms with E-state index in [4.69, 9.17) is 27.8 Å². The lowest BCUT2D eigenvalue weighted by atomic mass is 10.0. The number of aliphatic carboxylic acids is 1. The molecule has 0 radical (unpaired) electrons. The Hall–Kier alpha value is -4.61. The van der Waals surface area contributed by atoms with Gasteiger partial charge in [0.15, 0.2) is 5.96 Å². The monoisotopic (exact) mass is 588 g/mol. The highest BCUT2D eigenvalue weighted by molar-refractivity contribution is 6.31. The molecule has 0 fully saturated rings. The number of carbonyl (C=O) groups excluding carboxylic acids is 2. The largest absolute Gasteiger partial charge is 0.480 e. The third-order valence-electron chi connectivity index (χ3n) is 5.62. The molecular formula is C27H26Cl2N4O7. The SMILES string of the molecule is CC(c1ccc(OC(=O)c2ccc(N=C(N)N)cc2)cc1Cl)N(CC(=O)O)C(=O)Cc1cccc(C(=O)O)c1.Cl. The third-order valence-corrected chi connectivity index (χ3v) is 5.94. The molecule has 1 unspecified atom stereocenters. The Morgan fingerprint density at radius 2 is 1.65 bits per heavy atom. The van der Waals surface area contributed by atoms with E-state index in [9.17, 15) is 29.4 Å². The number of rotatable bonds is 10. The van der Waals surface area contributed by atoms with Crippen LogP contribution in [0.1, 0.15) is 44.8 Å². The van der Waals surface area contributed by atoms with Crippen molar-refractivity contribution < 1.29 is 34.1 Å². The van der Waals surface area contributed by atoms with Crippen molar-refractivity contribution in [3.8, 4) is 5.75 Å². The van der Waals surface area contributed by atoms with E-state index in [2.05, 4.69) is 4.99 Å². The van der Waals surface area contributed by atoms with Gasteiger partial charge in [-0.25, -0.2) is 14.6 Å². The van der Waals surface area contributed by atoms with Crippen molar-refractivity contribution in [1.82, 2.24) is 4.90 Å². The van der Waals surface area contributed by atoms with Crippen LogP contribution in [0, 0.1) is 0 Å². The second kappa shape index (κ2) is 14.0. The number of hydrogen-bond donors (Lipinski definition) is 4. The molecule has 3 rings (SSSR count). The average Bonchev–Trinajstić information content (AvgIpc) is 2.87. The van der Waals surface area contributed by atoms with Crippen molar-refractivity contribution in [3.05, 3.63) is 94.0 Å². The summed E-state index contributed by atoms with van der Waals surface area (Å²) >= 11 is 6.44. The highest BCUT2D eigenvalue weighted by Gasteiger charge is 2.26. The number of carbonyl (C=O) groups is 4. The summed E-state index contributed by atoms with van der Waals surface area (Å²) in [6, 6.07) is 15.5. The number of amides is 1. The lowest BCUT2D eigenvalue weighted by molar-refractivity contribution is -0.145. The molecule has 0 heterocycles. The van der Waals surface area contributed by atoms with Gasteiger partial charge in [0.2, 0.25) is 5.91 Å². The summed E-state index contributed by atoms with van der Waals surface area (Å²) in [5.41, 5.74) is 12.2. The molecule has 3 aromatic rings. The number of carboxylic acids is 2. The molecule has 0 aliphatic carbocycles. The van der Waals surface area contributed by atoms with Gasteiger partial charge in [0, 0.05) is 5.02 Å². The van der Waals surface area contributed by atoms with Gasteiger partial charge in [-0.1, -0.05) is 29.8 Å². The summed E-state index contributed by atoms with van der Waals surface area (Å²) in [5, 5.41) is 18.7. The van der Waals surface area contributed by atoms with Crippen LogP contribution in [0.4, 0.5) is 5.69 Å². The first-order valence-corrected chi connectivity index (χ1v) is 11.9. The second-order valence-electron chi connectivity index (χ2n) is 8.43.